The molecule has 2 N–H and O–H groups in total. The highest BCUT2D eigenvalue weighted by Crippen LogP contribution is 2.32. The Bertz CT molecular complexity index is 262. The molecule has 0 aliphatic carbocycles. The first-order valence-electron chi connectivity index (χ1n) is 7.93. The van der Waals surface area contributed by atoms with Crippen LogP contribution in [0.4, 0.5) is 0 Å². The maximum absolute atomic E-state index is 12.3. The lowest BCUT2D eigenvalue weighted by molar-refractivity contribution is -0.131. The largest absolute Gasteiger partial charge is 0.343 e. The maximum Gasteiger partial charge on any atom is 0.222 e. The molecule has 0 radical (unpaired) electrons. The molecule has 1 saturated heterocycles. The Balaban J connectivity index is 2.42. The van der Waals surface area contributed by atoms with Gasteiger partial charge in [-0.3, -0.25) is 4.79 Å². The maximum atomic E-state index is 12.3. The first-order chi connectivity index (χ1) is 8.95. The standard InChI is InChI=1S/C16H32N2O/c1-16(2,3)14(10-11-17)8-9-15(19)18-12-6-4-5-7-13-18/h14H,4-13,17H2,1-3H3. The van der Waals surface area contributed by atoms with Crippen molar-refractivity contribution in [3.8, 4) is 0 Å². The lowest BCUT2D eigenvalue weighted by atomic mass is 9.76. The lowest BCUT2D eigenvalue weighted by Crippen LogP contribution is -2.33. The van der Waals surface area contributed by atoms with Gasteiger partial charge in [-0.05, 0) is 43.6 Å². The second kappa shape index (κ2) is 7.88. The summed E-state index contributed by atoms with van der Waals surface area (Å²) in [6, 6.07) is 0. The van der Waals surface area contributed by atoms with Crippen LogP contribution in [0.1, 0.15) is 65.7 Å². The van der Waals surface area contributed by atoms with E-state index in [9.17, 15) is 4.79 Å². The normalized spacial score (nSPS) is 19.1. The van der Waals surface area contributed by atoms with Gasteiger partial charge in [-0.15, -0.1) is 0 Å². The number of carbonyl (C=O) groups is 1. The predicted octanol–water partition coefficient (Wildman–Crippen LogP) is 3.18. The van der Waals surface area contributed by atoms with Crippen molar-refractivity contribution in [1.29, 1.82) is 0 Å². The predicted molar refractivity (Wildman–Crippen MR) is 80.9 cm³/mol. The molecule has 1 aliphatic rings. The second-order valence-electron chi connectivity index (χ2n) is 6.97. The molecule has 19 heavy (non-hydrogen) atoms. The Hall–Kier alpha value is -0.570. The quantitative estimate of drug-likeness (QED) is 0.832. The molecule has 1 atom stereocenters. The fourth-order valence-electron chi connectivity index (χ4n) is 2.99. The van der Waals surface area contributed by atoms with Gasteiger partial charge in [-0.25, -0.2) is 0 Å². The van der Waals surface area contributed by atoms with Crippen LogP contribution in [-0.4, -0.2) is 30.4 Å². The van der Waals surface area contributed by atoms with Gasteiger partial charge in [0, 0.05) is 19.5 Å². The van der Waals surface area contributed by atoms with Gasteiger partial charge in [0.25, 0.3) is 0 Å². The number of hydrogen-bond donors (Lipinski definition) is 1. The SMILES string of the molecule is CC(C)(C)C(CCN)CCC(=O)N1CCCCCC1. The van der Waals surface area contributed by atoms with Gasteiger partial charge < -0.3 is 10.6 Å². The van der Waals surface area contributed by atoms with Crippen molar-refractivity contribution >= 4 is 5.91 Å². The summed E-state index contributed by atoms with van der Waals surface area (Å²) in [7, 11) is 0. The van der Waals surface area contributed by atoms with E-state index in [1.54, 1.807) is 0 Å². The summed E-state index contributed by atoms with van der Waals surface area (Å²) in [5.41, 5.74) is 5.95. The lowest BCUT2D eigenvalue weighted by Gasteiger charge is -2.31. The van der Waals surface area contributed by atoms with Gasteiger partial charge in [0.1, 0.15) is 0 Å². The van der Waals surface area contributed by atoms with Gasteiger partial charge in [0.05, 0.1) is 0 Å². The summed E-state index contributed by atoms with van der Waals surface area (Å²) in [5.74, 6) is 0.904. The number of hydrogen-bond acceptors (Lipinski definition) is 2. The first kappa shape index (κ1) is 16.5. The molecule has 3 heteroatoms. The van der Waals surface area contributed by atoms with Crippen LogP contribution in [-0.2, 0) is 4.79 Å². The summed E-state index contributed by atoms with van der Waals surface area (Å²) >= 11 is 0. The van der Waals surface area contributed by atoms with Crippen LogP contribution in [0, 0.1) is 11.3 Å². The number of rotatable bonds is 5. The first-order valence-corrected chi connectivity index (χ1v) is 7.93. The summed E-state index contributed by atoms with van der Waals surface area (Å²) in [6.45, 7) is 9.42. The van der Waals surface area contributed by atoms with Crippen molar-refractivity contribution in [1.82, 2.24) is 4.90 Å². The number of nitrogens with zero attached hydrogens (tertiary/aromatic N) is 1. The van der Waals surface area contributed by atoms with E-state index >= 15 is 0 Å². The molecule has 3 nitrogen and oxygen atoms in total. The van der Waals surface area contributed by atoms with Gasteiger partial charge in [-0.1, -0.05) is 33.6 Å². The topological polar surface area (TPSA) is 46.3 Å². The zero-order valence-electron chi connectivity index (χ0n) is 13.1. The molecule has 112 valence electrons. The molecule has 1 heterocycles. The molecular formula is C16H32N2O. The van der Waals surface area contributed by atoms with E-state index in [1.807, 2.05) is 0 Å². The number of carbonyl (C=O) groups excluding carboxylic acids is 1. The third kappa shape index (κ3) is 5.94. The third-order valence-electron chi connectivity index (χ3n) is 4.41. The van der Waals surface area contributed by atoms with E-state index in [0.29, 0.717) is 18.2 Å². The minimum absolute atomic E-state index is 0.248. The Kier molecular flexibility index (Phi) is 6.84. The van der Waals surface area contributed by atoms with Gasteiger partial charge >= 0.3 is 0 Å². The van der Waals surface area contributed by atoms with E-state index in [1.165, 1.54) is 25.7 Å². The van der Waals surface area contributed by atoms with Crippen LogP contribution in [0.15, 0.2) is 0 Å². The van der Waals surface area contributed by atoms with Crippen LogP contribution in [0.5, 0.6) is 0 Å². The Morgan fingerprint density at radius 3 is 2.16 bits per heavy atom. The van der Waals surface area contributed by atoms with Crippen LogP contribution in [0.3, 0.4) is 0 Å². The van der Waals surface area contributed by atoms with E-state index in [0.717, 1.165) is 32.5 Å². The molecule has 1 fully saturated rings. The molecule has 0 saturated carbocycles. The molecule has 0 aromatic carbocycles. The van der Waals surface area contributed by atoms with Crippen LogP contribution < -0.4 is 5.73 Å². The second-order valence-corrected chi connectivity index (χ2v) is 6.97. The van der Waals surface area contributed by atoms with Gasteiger partial charge in [0.15, 0.2) is 0 Å². The van der Waals surface area contributed by atoms with Crippen molar-refractivity contribution in [2.24, 2.45) is 17.1 Å². The summed E-state index contributed by atoms with van der Waals surface area (Å²) in [4.78, 5) is 14.4. The summed E-state index contributed by atoms with van der Waals surface area (Å²) < 4.78 is 0. The average Bonchev–Trinajstić information content (AvgIpc) is 2.61. The van der Waals surface area contributed by atoms with Crippen molar-refractivity contribution in [2.45, 2.75) is 65.7 Å². The van der Waals surface area contributed by atoms with Crippen molar-refractivity contribution < 1.29 is 4.79 Å². The van der Waals surface area contributed by atoms with E-state index in [2.05, 4.69) is 25.7 Å². The van der Waals surface area contributed by atoms with E-state index in [-0.39, 0.29) is 5.41 Å². The number of nitrogens with two attached hydrogens (primary N) is 1. The summed E-state index contributed by atoms with van der Waals surface area (Å²) in [5, 5.41) is 0. The Morgan fingerprint density at radius 1 is 1.11 bits per heavy atom. The highest BCUT2D eigenvalue weighted by atomic mass is 16.2. The van der Waals surface area contributed by atoms with Crippen molar-refractivity contribution in [3.63, 3.8) is 0 Å². The molecule has 0 aromatic rings. The van der Waals surface area contributed by atoms with Gasteiger partial charge in [0.2, 0.25) is 5.91 Å². The molecule has 0 aromatic heterocycles. The summed E-state index contributed by atoms with van der Waals surface area (Å²) in [6.07, 6.45) is 7.62. The smallest absolute Gasteiger partial charge is 0.222 e. The highest BCUT2D eigenvalue weighted by molar-refractivity contribution is 5.76. The van der Waals surface area contributed by atoms with Crippen molar-refractivity contribution in [2.75, 3.05) is 19.6 Å². The fraction of sp³-hybridized carbons (Fsp3) is 0.938. The molecule has 0 bridgehead atoms. The Morgan fingerprint density at radius 2 is 1.68 bits per heavy atom. The highest BCUT2D eigenvalue weighted by Gasteiger charge is 2.25. The number of likely N-dealkylation sites (tertiary alicyclic amines) is 1. The molecule has 1 rings (SSSR count). The minimum Gasteiger partial charge on any atom is -0.343 e. The molecular weight excluding hydrogens is 236 g/mol. The zero-order valence-corrected chi connectivity index (χ0v) is 13.1. The number of amides is 1. The van der Waals surface area contributed by atoms with Crippen LogP contribution >= 0.6 is 0 Å². The fourth-order valence-corrected chi connectivity index (χ4v) is 2.99. The van der Waals surface area contributed by atoms with Crippen molar-refractivity contribution in [3.05, 3.63) is 0 Å². The van der Waals surface area contributed by atoms with Crippen LogP contribution in [0.2, 0.25) is 0 Å². The molecule has 1 unspecified atom stereocenters. The van der Waals surface area contributed by atoms with E-state index < -0.39 is 0 Å². The monoisotopic (exact) mass is 268 g/mol. The van der Waals surface area contributed by atoms with Crippen LogP contribution in [0.25, 0.3) is 0 Å². The third-order valence-corrected chi connectivity index (χ3v) is 4.41. The molecule has 0 spiro atoms. The Labute approximate surface area is 118 Å². The molecule has 1 aliphatic heterocycles. The molecule has 1 amide bonds. The zero-order chi connectivity index (χ0) is 14.3. The van der Waals surface area contributed by atoms with Gasteiger partial charge in [-0.2, -0.15) is 0 Å². The van der Waals surface area contributed by atoms with E-state index in [4.69, 9.17) is 5.73 Å². The minimum atomic E-state index is 0.248. The average molecular weight is 268 g/mol.